The average Bonchev–Trinajstić information content (AvgIpc) is 2.81. The lowest BCUT2D eigenvalue weighted by molar-refractivity contribution is 0.527. The summed E-state index contributed by atoms with van der Waals surface area (Å²) >= 11 is 3.37. The zero-order chi connectivity index (χ0) is 17.5. The van der Waals surface area contributed by atoms with Crippen molar-refractivity contribution in [3.05, 3.63) is 63.1 Å². The Morgan fingerprint density at radius 2 is 1.96 bits per heavy atom. The van der Waals surface area contributed by atoms with Gasteiger partial charge in [-0.1, -0.05) is 28.1 Å². The predicted octanol–water partition coefficient (Wildman–Crippen LogP) is 2.93. The lowest BCUT2D eigenvalue weighted by Crippen LogP contribution is -2.26. The van der Waals surface area contributed by atoms with Gasteiger partial charge in [0.25, 0.3) is 0 Å². The molecule has 3 rings (SSSR count). The Balaban J connectivity index is 1.94. The van der Waals surface area contributed by atoms with Crippen LogP contribution in [0.3, 0.4) is 0 Å². The molecule has 0 amide bonds. The molecule has 0 radical (unpaired) electrons. The third-order valence-corrected chi connectivity index (χ3v) is 5.79. The Morgan fingerprint density at radius 3 is 2.67 bits per heavy atom. The summed E-state index contributed by atoms with van der Waals surface area (Å²) in [6.45, 7) is 1.76. The van der Waals surface area contributed by atoms with Crippen LogP contribution in [0, 0.1) is 0 Å². The van der Waals surface area contributed by atoms with Crippen LogP contribution in [-0.2, 0) is 17.1 Å². The van der Waals surface area contributed by atoms with Crippen LogP contribution in [0.2, 0.25) is 0 Å². The number of sulfonamides is 1. The molecule has 126 valence electrons. The minimum absolute atomic E-state index is 0.0474. The maximum atomic E-state index is 12.6. The van der Waals surface area contributed by atoms with Gasteiger partial charge in [0.1, 0.15) is 0 Å². The van der Waals surface area contributed by atoms with Crippen molar-refractivity contribution >= 4 is 37.1 Å². The van der Waals surface area contributed by atoms with Gasteiger partial charge in [-0.2, -0.15) is 0 Å². The number of halogens is 1. The van der Waals surface area contributed by atoms with E-state index in [1.807, 2.05) is 24.3 Å². The number of hydrogen-bond donors (Lipinski definition) is 1. The van der Waals surface area contributed by atoms with Crippen LogP contribution in [-0.4, -0.2) is 13.0 Å². The van der Waals surface area contributed by atoms with Crippen molar-refractivity contribution in [2.45, 2.75) is 17.9 Å². The van der Waals surface area contributed by atoms with Crippen LogP contribution in [0.25, 0.3) is 11.1 Å². The molecule has 2 aromatic carbocycles. The second-order valence-corrected chi connectivity index (χ2v) is 8.08. The number of rotatable bonds is 4. The lowest BCUT2D eigenvalue weighted by atomic mass is 10.1. The summed E-state index contributed by atoms with van der Waals surface area (Å²) in [6, 6.07) is 11.4. The number of oxazole rings is 1. The van der Waals surface area contributed by atoms with Gasteiger partial charge in [0.2, 0.25) is 10.0 Å². The molecule has 24 heavy (non-hydrogen) atoms. The van der Waals surface area contributed by atoms with Crippen LogP contribution in [0.15, 0.2) is 61.0 Å². The average molecular weight is 411 g/mol. The first-order valence-electron chi connectivity index (χ1n) is 7.15. The molecule has 1 aromatic heterocycles. The Bertz CT molecular complexity index is 1070. The third kappa shape index (κ3) is 3.17. The van der Waals surface area contributed by atoms with Crippen LogP contribution < -0.4 is 10.5 Å². The summed E-state index contributed by atoms with van der Waals surface area (Å²) in [6.07, 6.45) is 0. The van der Waals surface area contributed by atoms with Gasteiger partial charge in [-0.25, -0.2) is 17.9 Å². The van der Waals surface area contributed by atoms with Crippen LogP contribution in [0.4, 0.5) is 0 Å². The molecule has 0 aliphatic rings. The first-order valence-corrected chi connectivity index (χ1v) is 9.43. The van der Waals surface area contributed by atoms with Crippen LogP contribution >= 0.6 is 15.9 Å². The summed E-state index contributed by atoms with van der Waals surface area (Å²) in [5.41, 5.74) is 1.61. The molecule has 0 unspecified atom stereocenters. The van der Waals surface area contributed by atoms with E-state index in [-0.39, 0.29) is 10.5 Å². The summed E-state index contributed by atoms with van der Waals surface area (Å²) in [5.74, 6) is -0.532. The van der Waals surface area contributed by atoms with Crippen molar-refractivity contribution < 1.29 is 12.8 Å². The molecule has 0 spiro atoms. The van der Waals surface area contributed by atoms with E-state index in [1.54, 1.807) is 20.0 Å². The van der Waals surface area contributed by atoms with Gasteiger partial charge >= 0.3 is 5.76 Å². The van der Waals surface area contributed by atoms with Gasteiger partial charge in [-0.3, -0.25) is 4.57 Å². The van der Waals surface area contributed by atoms with E-state index in [0.717, 1.165) is 10.0 Å². The number of nitrogens with one attached hydrogen (secondary N) is 1. The zero-order valence-corrected chi connectivity index (χ0v) is 15.4. The highest BCUT2D eigenvalue weighted by Gasteiger charge is 2.20. The SMILES string of the molecule is C[C@@H](NS(=O)(=O)c1ccc2c(c1)oc(=O)n2C)c1cccc(Br)c1. The lowest BCUT2D eigenvalue weighted by Gasteiger charge is -2.15. The highest BCUT2D eigenvalue weighted by atomic mass is 79.9. The van der Waals surface area contributed by atoms with Crippen molar-refractivity contribution in [3.8, 4) is 0 Å². The molecule has 6 nitrogen and oxygen atoms in total. The quantitative estimate of drug-likeness (QED) is 0.716. The Kier molecular flexibility index (Phi) is 4.37. The summed E-state index contributed by atoms with van der Waals surface area (Å²) < 4.78 is 35.0. The topological polar surface area (TPSA) is 81.3 Å². The first-order chi connectivity index (χ1) is 11.3. The van der Waals surface area contributed by atoms with Gasteiger partial charge in [0.15, 0.2) is 5.58 Å². The van der Waals surface area contributed by atoms with Gasteiger partial charge in [0, 0.05) is 23.6 Å². The fraction of sp³-hybridized carbons (Fsp3) is 0.188. The molecular formula is C16H15BrN2O4S. The van der Waals surface area contributed by atoms with Crippen molar-refractivity contribution in [1.82, 2.24) is 9.29 Å². The standard InChI is InChI=1S/C16H15BrN2O4S/c1-10(11-4-3-5-12(17)8-11)18-24(21,22)13-6-7-14-15(9-13)23-16(20)19(14)2/h3-10,18H,1-2H3/t10-/m1/s1. The molecule has 0 fully saturated rings. The number of fused-ring (bicyclic) bond motifs is 1. The molecular weight excluding hydrogens is 396 g/mol. The fourth-order valence-corrected chi connectivity index (χ4v) is 4.09. The Morgan fingerprint density at radius 1 is 1.21 bits per heavy atom. The molecule has 1 atom stereocenters. The molecule has 0 saturated carbocycles. The Labute approximate surface area is 147 Å². The highest BCUT2D eigenvalue weighted by Crippen LogP contribution is 2.22. The first kappa shape index (κ1) is 16.9. The van der Waals surface area contributed by atoms with E-state index >= 15 is 0 Å². The van der Waals surface area contributed by atoms with E-state index in [0.29, 0.717) is 5.52 Å². The zero-order valence-electron chi connectivity index (χ0n) is 13.0. The minimum atomic E-state index is -3.75. The largest absolute Gasteiger partial charge is 0.419 e. The molecule has 3 aromatic rings. The third-order valence-electron chi connectivity index (χ3n) is 3.75. The van der Waals surface area contributed by atoms with Crippen LogP contribution in [0.5, 0.6) is 0 Å². The minimum Gasteiger partial charge on any atom is -0.408 e. The summed E-state index contributed by atoms with van der Waals surface area (Å²) in [7, 11) is -2.19. The van der Waals surface area contributed by atoms with Crippen LogP contribution in [0.1, 0.15) is 18.5 Å². The predicted molar refractivity (Wildman–Crippen MR) is 94.3 cm³/mol. The number of benzene rings is 2. The smallest absolute Gasteiger partial charge is 0.408 e. The van der Waals surface area contributed by atoms with E-state index < -0.39 is 21.8 Å². The molecule has 0 bridgehead atoms. The molecule has 0 saturated heterocycles. The van der Waals surface area contributed by atoms with E-state index in [4.69, 9.17) is 4.42 Å². The summed E-state index contributed by atoms with van der Waals surface area (Å²) in [4.78, 5) is 11.6. The number of aryl methyl sites for hydroxylation is 1. The second-order valence-electron chi connectivity index (χ2n) is 5.45. The molecule has 0 aliphatic heterocycles. The van der Waals surface area contributed by atoms with Crippen molar-refractivity contribution in [3.63, 3.8) is 0 Å². The van der Waals surface area contributed by atoms with Gasteiger partial charge in [-0.15, -0.1) is 0 Å². The number of hydrogen-bond acceptors (Lipinski definition) is 4. The molecule has 1 N–H and O–H groups in total. The fourth-order valence-electron chi connectivity index (χ4n) is 2.43. The Hall–Kier alpha value is -1.90. The molecule has 8 heteroatoms. The van der Waals surface area contributed by atoms with Gasteiger partial charge in [0.05, 0.1) is 10.4 Å². The number of aromatic nitrogens is 1. The monoisotopic (exact) mass is 410 g/mol. The van der Waals surface area contributed by atoms with E-state index in [1.165, 1.54) is 16.7 Å². The van der Waals surface area contributed by atoms with E-state index in [2.05, 4.69) is 20.7 Å². The van der Waals surface area contributed by atoms with Gasteiger partial charge in [-0.05, 0) is 36.8 Å². The number of nitrogens with zero attached hydrogens (tertiary/aromatic N) is 1. The van der Waals surface area contributed by atoms with Crippen molar-refractivity contribution in [1.29, 1.82) is 0 Å². The second kappa shape index (κ2) is 6.19. The summed E-state index contributed by atoms with van der Waals surface area (Å²) in [5, 5.41) is 0. The van der Waals surface area contributed by atoms with E-state index in [9.17, 15) is 13.2 Å². The molecule has 1 heterocycles. The molecule has 0 aliphatic carbocycles. The van der Waals surface area contributed by atoms with Crippen molar-refractivity contribution in [2.24, 2.45) is 7.05 Å². The maximum Gasteiger partial charge on any atom is 0.419 e. The highest BCUT2D eigenvalue weighted by molar-refractivity contribution is 9.10. The van der Waals surface area contributed by atoms with Crippen molar-refractivity contribution in [2.75, 3.05) is 0 Å². The normalized spacial score (nSPS) is 13.3. The maximum absolute atomic E-state index is 12.6. The van der Waals surface area contributed by atoms with Gasteiger partial charge < -0.3 is 4.42 Å².